The lowest BCUT2D eigenvalue weighted by Crippen LogP contribution is -2.29. The molecule has 26 heavy (non-hydrogen) atoms. The molecule has 1 aliphatic heterocycles. The summed E-state index contributed by atoms with van der Waals surface area (Å²) in [6.45, 7) is 1.68. The SMILES string of the molecule is CC(OC(=O)c1ccccc1)C1CC(OC(=O)c2ccccc2)C(O)O1. The number of hydrogen-bond acceptors (Lipinski definition) is 6. The smallest absolute Gasteiger partial charge is 0.338 e. The molecule has 6 nitrogen and oxygen atoms in total. The third-order valence-corrected chi connectivity index (χ3v) is 4.19. The van der Waals surface area contributed by atoms with Gasteiger partial charge >= 0.3 is 11.9 Å². The summed E-state index contributed by atoms with van der Waals surface area (Å²) in [5, 5.41) is 10.0. The van der Waals surface area contributed by atoms with Crippen LogP contribution in [0.2, 0.25) is 0 Å². The first-order chi connectivity index (χ1) is 12.5. The van der Waals surface area contributed by atoms with Gasteiger partial charge in [0.25, 0.3) is 0 Å². The molecular weight excluding hydrogens is 336 g/mol. The molecule has 0 amide bonds. The quantitative estimate of drug-likeness (QED) is 0.829. The first-order valence-corrected chi connectivity index (χ1v) is 8.40. The minimum Gasteiger partial charge on any atom is -0.456 e. The Morgan fingerprint density at radius 1 is 1.00 bits per heavy atom. The summed E-state index contributed by atoms with van der Waals surface area (Å²) < 4.78 is 16.1. The monoisotopic (exact) mass is 356 g/mol. The minimum absolute atomic E-state index is 0.239. The maximum atomic E-state index is 12.1. The van der Waals surface area contributed by atoms with Gasteiger partial charge in [0.2, 0.25) is 0 Å². The van der Waals surface area contributed by atoms with E-state index in [1.165, 1.54) is 0 Å². The van der Waals surface area contributed by atoms with Crippen LogP contribution in [0.5, 0.6) is 0 Å². The number of carbonyl (C=O) groups is 2. The highest BCUT2D eigenvalue weighted by Gasteiger charge is 2.40. The number of aliphatic hydroxyl groups excluding tert-OH is 1. The van der Waals surface area contributed by atoms with Crippen LogP contribution in [0, 0.1) is 0 Å². The third kappa shape index (κ3) is 4.28. The van der Waals surface area contributed by atoms with Crippen molar-refractivity contribution in [3.8, 4) is 0 Å². The molecule has 2 aromatic carbocycles. The second-order valence-corrected chi connectivity index (χ2v) is 6.09. The Hall–Kier alpha value is -2.70. The molecular formula is C20H20O6. The Balaban J connectivity index is 1.56. The predicted molar refractivity (Wildman–Crippen MR) is 92.5 cm³/mol. The van der Waals surface area contributed by atoms with Crippen molar-refractivity contribution in [3.05, 3.63) is 71.8 Å². The number of aliphatic hydroxyl groups is 1. The maximum absolute atomic E-state index is 12.1. The fourth-order valence-corrected chi connectivity index (χ4v) is 2.74. The summed E-state index contributed by atoms with van der Waals surface area (Å²) in [6.07, 6.45) is -3.00. The summed E-state index contributed by atoms with van der Waals surface area (Å²) in [6, 6.07) is 17.1. The van der Waals surface area contributed by atoms with Gasteiger partial charge < -0.3 is 19.3 Å². The van der Waals surface area contributed by atoms with Crippen molar-refractivity contribution in [3.63, 3.8) is 0 Å². The zero-order valence-electron chi connectivity index (χ0n) is 14.3. The van der Waals surface area contributed by atoms with E-state index in [9.17, 15) is 14.7 Å². The molecule has 4 atom stereocenters. The molecule has 0 bridgehead atoms. The number of hydrogen-bond donors (Lipinski definition) is 1. The normalized spacial score (nSPS) is 23.2. The van der Waals surface area contributed by atoms with Crippen molar-refractivity contribution in [1.29, 1.82) is 0 Å². The second kappa shape index (κ2) is 8.12. The predicted octanol–water partition coefficient (Wildman–Crippen LogP) is 2.56. The second-order valence-electron chi connectivity index (χ2n) is 6.09. The summed E-state index contributed by atoms with van der Waals surface area (Å²) in [4.78, 5) is 24.2. The molecule has 3 rings (SSSR count). The van der Waals surface area contributed by atoms with Crippen LogP contribution in [0.15, 0.2) is 60.7 Å². The molecule has 4 unspecified atom stereocenters. The van der Waals surface area contributed by atoms with Gasteiger partial charge in [-0.1, -0.05) is 36.4 Å². The third-order valence-electron chi connectivity index (χ3n) is 4.19. The van der Waals surface area contributed by atoms with Gasteiger partial charge in [-0.3, -0.25) is 0 Å². The van der Waals surface area contributed by atoms with Crippen molar-refractivity contribution >= 4 is 11.9 Å². The molecule has 0 aliphatic carbocycles. The lowest BCUT2D eigenvalue weighted by molar-refractivity contribution is -0.145. The Bertz CT molecular complexity index is 745. The highest BCUT2D eigenvalue weighted by atomic mass is 16.7. The largest absolute Gasteiger partial charge is 0.456 e. The van der Waals surface area contributed by atoms with E-state index in [4.69, 9.17) is 14.2 Å². The molecule has 1 fully saturated rings. The molecule has 1 saturated heterocycles. The molecule has 1 aliphatic rings. The van der Waals surface area contributed by atoms with Gasteiger partial charge in [-0.05, 0) is 31.2 Å². The van der Waals surface area contributed by atoms with Crippen molar-refractivity contribution in [2.75, 3.05) is 0 Å². The minimum atomic E-state index is -1.26. The Kier molecular flexibility index (Phi) is 5.65. The molecule has 0 spiro atoms. The number of benzene rings is 2. The van der Waals surface area contributed by atoms with Crippen LogP contribution in [-0.4, -0.2) is 41.6 Å². The molecule has 6 heteroatoms. The van der Waals surface area contributed by atoms with Crippen LogP contribution in [0.4, 0.5) is 0 Å². The van der Waals surface area contributed by atoms with E-state index in [2.05, 4.69) is 0 Å². The van der Waals surface area contributed by atoms with Crippen LogP contribution in [-0.2, 0) is 14.2 Å². The molecule has 0 radical (unpaired) electrons. The van der Waals surface area contributed by atoms with Gasteiger partial charge in [0, 0.05) is 6.42 Å². The lowest BCUT2D eigenvalue weighted by Gasteiger charge is -2.19. The highest BCUT2D eigenvalue weighted by molar-refractivity contribution is 5.90. The van der Waals surface area contributed by atoms with Gasteiger partial charge in [-0.25, -0.2) is 9.59 Å². The zero-order chi connectivity index (χ0) is 18.5. The van der Waals surface area contributed by atoms with Crippen LogP contribution in [0.25, 0.3) is 0 Å². The fraction of sp³-hybridized carbons (Fsp3) is 0.300. The van der Waals surface area contributed by atoms with E-state index in [1.807, 2.05) is 6.07 Å². The average Bonchev–Trinajstić information content (AvgIpc) is 3.03. The van der Waals surface area contributed by atoms with Crippen LogP contribution in [0.1, 0.15) is 34.1 Å². The summed E-state index contributed by atoms with van der Waals surface area (Å²) >= 11 is 0. The van der Waals surface area contributed by atoms with Gasteiger partial charge in [0.15, 0.2) is 12.4 Å². The lowest BCUT2D eigenvalue weighted by atomic mass is 10.1. The van der Waals surface area contributed by atoms with Crippen LogP contribution >= 0.6 is 0 Å². The first-order valence-electron chi connectivity index (χ1n) is 8.40. The summed E-state index contributed by atoms with van der Waals surface area (Å²) in [7, 11) is 0. The number of rotatable bonds is 5. The van der Waals surface area contributed by atoms with Crippen LogP contribution in [0.3, 0.4) is 0 Å². The summed E-state index contributed by atoms with van der Waals surface area (Å²) in [5.74, 6) is -1.01. The van der Waals surface area contributed by atoms with E-state index in [1.54, 1.807) is 61.5 Å². The highest BCUT2D eigenvalue weighted by Crippen LogP contribution is 2.26. The van der Waals surface area contributed by atoms with Gasteiger partial charge in [-0.15, -0.1) is 0 Å². The number of ether oxygens (including phenoxy) is 3. The standard InChI is InChI=1S/C20H20O6/c1-13(24-18(21)14-8-4-2-5-9-14)16-12-17(20(23)25-16)26-19(22)15-10-6-3-7-11-15/h2-11,13,16-17,20,23H,12H2,1H3. The van der Waals surface area contributed by atoms with Gasteiger partial charge in [0.05, 0.1) is 11.1 Å². The van der Waals surface area contributed by atoms with Gasteiger partial charge in [-0.2, -0.15) is 0 Å². The average molecular weight is 356 g/mol. The van der Waals surface area contributed by atoms with Crippen molar-refractivity contribution in [1.82, 2.24) is 0 Å². The molecule has 1 N–H and O–H groups in total. The molecule has 2 aromatic rings. The summed E-state index contributed by atoms with van der Waals surface area (Å²) in [5.41, 5.74) is 0.830. The van der Waals surface area contributed by atoms with Crippen LogP contribution < -0.4 is 0 Å². The molecule has 1 heterocycles. The van der Waals surface area contributed by atoms with Crippen molar-refractivity contribution < 1.29 is 28.9 Å². The van der Waals surface area contributed by atoms with E-state index >= 15 is 0 Å². The van der Waals surface area contributed by atoms with E-state index < -0.39 is 36.5 Å². The Morgan fingerprint density at radius 2 is 1.54 bits per heavy atom. The van der Waals surface area contributed by atoms with E-state index in [0.29, 0.717) is 11.1 Å². The van der Waals surface area contributed by atoms with Gasteiger partial charge in [0.1, 0.15) is 12.2 Å². The Morgan fingerprint density at radius 3 is 2.12 bits per heavy atom. The number of esters is 2. The topological polar surface area (TPSA) is 82.1 Å². The molecule has 0 saturated carbocycles. The zero-order valence-corrected chi connectivity index (χ0v) is 14.3. The molecule has 136 valence electrons. The van der Waals surface area contributed by atoms with E-state index in [-0.39, 0.29) is 6.42 Å². The molecule has 0 aromatic heterocycles. The number of carbonyl (C=O) groups excluding carboxylic acids is 2. The maximum Gasteiger partial charge on any atom is 0.338 e. The van der Waals surface area contributed by atoms with Crippen molar-refractivity contribution in [2.45, 2.75) is 37.9 Å². The fourth-order valence-electron chi connectivity index (χ4n) is 2.74. The van der Waals surface area contributed by atoms with Crippen molar-refractivity contribution in [2.24, 2.45) is 0 Å². The first kappa shape index (κ1) is 18.1. The Labute approximate surface area is 151 Å². The van der Waals surface area contributed by atoms with E-state index in [0.717, 1.165) is 0 Å².